The first-order chi connectivity index (χ1) is 8.78. The number of thiophene rings is 1. The second-order valence-corrected chi connectivity index (χ2v) is 4.74. The highest BCUT2D eigenvalue weighted by atomic mass is 32.1. The van der Waals surface area contributed by atoms with Crippen LogP contribution in [-0.4, -0.2) is 5.97 Å². The lowest BCUT2D eigenvalue weighted by molar-refractivity contribution is 0.0717. The summed E-state index contributed by atoms with van der Waals surface area (Å²) in [7, 11) is 0. The third kappa shape index (κ3) is 1.71. The fourth-order valence-electron chi connectivity index (χ4n) is 1.81. The zero-order valence-corrected chi connectivity index (χ0v) is 10.0. The van der Waals surface area contributed by atoms with Gasteiger partial charge in [0.15, 0.2) is 0 Å². The van der Waals surface area contributed by atoms with Crippen LogP contribution >= 0.6 is 11.3 Å². The second-order valence-electron chi connectivity index (χ2n) is 3.79. The molecule has 0 spiro atoms. The average Bonchev–Trinajstić information content (AvgIpc) is 2.97. The smallest absolute Gasteiger partial charge is 0.344 e. The summed E-state index contributed by atoms with van der Waals surface area (Å²) < 4.78 is 5.22. The lowest BCUT2D eigenvalue weighted by Gasteiger charge is -1.96. The first-order valence-electron chi connectivity index (χ1n) is 5.30. The third-order valence-corrected chi connectivity index (χ3v) is 3.52. The van der Waals surface area contributed by atoms with Crippen LogP contribution in [0.1, 0.15) is 26.4 Å². The molecule has 0 saturated carbocycles. The summed E-state index contributed by atoms with van der Waals surface area (Å²) in [6, 6.07) is 11.1. The molecule has 0 unspecified atom stereocenters. The van der Waals surface area contributed by atoms with Crippen molar-refractivity contribution in [1.82, 2.24) is 0 Å². The number of carbonyl (C=O) groups is 1. The molecule has 0 N–H and O–H groups in total. The number of cyclic esters (lactones) is 1. The Morgan fingerprint density at radius 2 is 2.06 bits per heavy atom. The van der Waals surface area contributed by atoms with Crippen molar-refractivity contribution in [2.45, 2.75) is 0 Å². The average molecular weight is 253 g/mol. The summed E-state index contributed by atoms with van der Waals surface area (Å²) in [5.41, 5.74) is 2.00. The van der Waals surface area contributed by atoms with Crippen molar-refractivity contribution in [3.8, 4) is 6.07 Å². The monoisotopic (exact) mass is 253 g/mol. The highest BCUT2D eigenvalue weighted by Crippen LogP contribution is 2.32. The number of hydrogen-bond acceptors (Lipinski definition) is 4. The van der Waals surface area contributed by atoms with E-state index >= 15 is 0 Å². The van der Waals surface area contributed by atoms with Crippen molar-refractivity contribution in [2.24, 2.45) is 0 Å². The van der Waals surface area contributed by atoms with Gasteiger partial charge < -0.3 is 4.74 Å². The fourth-order valence-corrected chi connectivity index (χ4v) is 2.56. The van der Waals surface area contributed by atoms with Crippen LogP contribution in [0.3, 0.4) is 0 Å². The molecule has 0 fully saturated rings. The maximum absolute atomic E-state index is 11.6. The van der Waals surface area contributed by atoms with Crippen molar-refractivity contribution in [3.05, 3.63) is 57.3 Å². The molecule has 0 aliphatic carbocycles. The minimum Gasteiger partial charge on any atom is -0.422 e. The molecule has 0 bridgehead atoms. The number of nitriles is 1. The van der Waals surface area contributed by atoms with Crippen LogP contribution in [0.2, 0.25) is 0 Å². The van der Waals surface area contributed by atoms with Gasteiger partial charge in [0.05, 0.1) is 11.1 Å². The zero-order valence-electron chi connectivity index (χ0n) is 9.21. The number of esters is 1. The van der Waals surface area contributed by atoms with E-state index in [0.717, 1.165) is 10.4 Å². The molecule has 0 amide bonds. The van der Waals surface area contributed by atoms with Gasteiger partial charge in [0, 0.05) is 15.8 Å². The van der Waals surface area contributed by atoms with E-state index in [2.05, 4.69) is 6.07 Å². The van der Waals surface area contributed by atoms with Crippen LogP contribution in [0.4, 0.5) is 0 Å². The van der Waals surface area contributed by atoms with E-state index in [9.17, 15) is 4.79 Å². The van der Waals surface area contributed by atoms with E-state index in [-0.39, 0.29) is 5.97 Å². The number of benzene rings is 1. The number of fused-ring (bicyclic) bond motifs is 1. The minimum absolute atomic E-state index is 0.325. The summed E-state index contributed by atoms with van der Waals surface area (Å²) in [5.74, 6) is 0.218. The highest BCUT2D eigenvalue weighted by molar-refractivity contribution is 7.11. The van der Waals surface area contributed by atoms with Gasteiger partial charge in [-0.25, -0.2) is 4.79 Å². The van der Waals surface area contributed by atoms with Gasteiger partial charge in [-0.05, 0) is 18.2 Å². The Hall–Kier alpha value is -2.38. The van der Waals surface area contributed by atoms with E-state index in [1.165, 1.54) is 11.3 Å². The molecule has 1 aliphatic heterocycles. The molecule has 2 aromatic rings. The SMILES string of the molecule is N#Cc1csc(/C=C2/OC(=O)c3ccccc32)c1. The molecular formula is C14H7NO2S. The predicted molar refractivity (Wildman–Crippen MR) is 68.8 cm³/mol. The first-order valence-corrected chi connectivity index (χ1v) is 6.18. The molecule has 0 radical (unpaired) electrons. The van der Waals surface area contributed by atoms with Crippen LogP contribution in [0.25, 0.3) is 11.8 Å². The molecule has 86 valence electrons. The normalized spacial score (nSPS) is 15.3. The van der Waals surface area contributed by atoms with Crippen molar-refractivity contribution >= 4 is 29.1 Å². The summed E-state index contributed by atoms with van der Waals surface area (Å²) in [6.45, 7) is 0. The van der Waals surface area contributed by atoms with E-state index < -0.39 is 0 Å². The highest BCUT2D eigenvalue weighted by Gasteiger charge is 2.25. The van der Waals surface area contributed by atoms with Crippen LogP contribution in [-0.2, 0) is 4.74 Å². The summed E-state index contributed by atoms with van der Waals surface area (Å²) >= 11 is 1.45. The van der Waals surface area contributed by atoms with Gasteiger partial charge in [-0.15, -0.1) is 11.3 Å². The van der Waals surface area contributed by atoms with Gasteiger partial charge in [-0.2, -0.15) is 5.26 Å². The molecular weight excluding hydrogens is 246 g/mol. The lowest BCUT2D eigenvalue weighted by atomic mass is 10.1. The summed E-state index contributed by atoms with van der Waals surface area (Å²) in [6.07, 6.45) is 1.79. The molecule has 1 aromatic carbocycles. The van der Waals surface area contributed by atoms with Crippen molar-refractivity contribution in [3.63, 3.8) is 0 Å². The number of carbonyl (C=O) groups excluding carboxylic acids is 1. The number of hydrogen-bond donors (Lipinski definition) is 0. The Kier molecular flexibility index (Phi) is 2.47. The van der Waals surface area contributed by atoms with Crippen LogP contribution in [0.15, 0.2) is 35.7 Å². The fraction of sp³-hybridized carbons (Fsp3) is 0. The van der Waals surface area contributed by atoms with E-state index in [1.807, 2.05) is 18.2 Å². The molecule has 0 saturated heterocycles. The first kappa shape index (κ1) is 10.8. The Balaban J connectivity index is 2.05. The van der Waals surface area contributed by atoms with Crippen molar-refractivity contribution in [2.75, 3.05) is 0 Å². The van der Waals surface area contributed by atoms with E-state index in [1.54, 1.807) is 23.6 Å². The van der Waals surface area contributed by atoms with Crippen LogP contribution in [0, 0.1) is 11.3 Å². The van der Waals surface area contributed by atoms with Gasteiger partial charge >= 0.3 is 5.97 Å². The van der Waals surface area contributed by atoms with E-state index in [4.69, 9.17) is 10.00 Å². The van der Waals surface area contributed by atoms with Gasteiger partial charge in [-0.1, -0.05) is 18.2 Å². The lowest BCUT2D eigenvalue weighted by Crippen LogP contribution is -1.92. The van der Waals surface area contributed by atoms with Gasteiger partial charge in [0.2, 0.25) is 0 Å². The molecule has 1 aliphatic rings. The predicted octanol–water partition coefficient (Wildman–Crippen LogP) is 3.29. The van der Waals surface area contributed by atoms with Gasteiger partial charge in [0.25, 0.3) is 0 Å². The van der Waals surface area contributed by atoms with E-state index in [0.29, 0.717) is 16.9 Å². The van der Waals surface area contributed by atoms with Crippen molar-refractivity contribution in [1.29, 1.82) is 5.26 Å². The molecule has 4 heteroatoms. The maximum atomic E-state index is 11.6. The molecule has 0 atom stereocenters. The van der Waals surface area contributed by atoms with Gasteiger partial charge in [-0.3, -0.25) is 0 Å². The molecule has 3 rings (SSSR count). The zero-order chi connectivity index (χ0) is 12.5. The minimum atomic E-state index is -0.325. The topological polar surface area (TPSA) is 50.1 Å². The standard InChI is InChI=1S/C14H7NO2S/c15-7-9-5-10(18-8-9)6-13-11-3-1-2-4-12(11)14(16)17-13/h1-6,8H/b13-6+. The summed E-state index contributed by atoms with van der Waals surface area (Å²) in [5, 5.41) is 10.5. The second kappa shape index (κ2) is 4.13. The molecule has 2 heterocycles. The van der Waals surface area contributed by atoms with Gasteiger partial charge in [0.1, 0.15) is 11.8 Å². The number of ether oxygens (including phenoxy) is 1. The van der Waals surface area contributed by atoms with Crippen molar-refractivity contribution < 1.29 is 9.53 Å². The quantitative estimate of drug-likeness (QED) is 0.733. The molecule has 3 nitrogen and oxygen atoms in total. The third-order valence-electron chi connectivity index (χ3n) is 2.64. The molecule has 18 heavy (non-hydrogen) atoms. The Bertz CT molecular complexity index is 707. The summed E-state index contributed by atoms with van der Waals surface area (Å²) in [4.78, 5) is 12.5. The molecule has 1 aromatic heterocycles. The number of nitrogens with zero attached hydrogens (tertiary/aromatic N) is 1. The Morgan fingerprint density at radius 1 is 1.28 bits per heavy atom. The Labute approximate surface area is 108 Å². The maximum Gasteiger partial charge on any atom is 0.344 e. The largest absolute Gasteiger partial charge is 0.422 e. The Morgan fingerprint density at radius 3 is 2.78 bits per heavy atom. The van der Waals surface area contributed by atoms with Crippen LogP contribution in [0.5, 0.6) is 0 Å². The van der Waals surface area contributed by atoms with Crippen LogP contribution < -0.4 is 0 Å². The number of rotatable bonds is 1.